The quantitative estimate of drug-likeness (QED) is 0.203. The van der Waals surface area contributed by atoms with E-state index in [0.29, 0.717) is 55.1 Å². The summed E-state index contributed by atoms with van der Waals surface area (Å²) in [7, 11) is -2.07. The van der Waals surface area contributed by atoms with Gasteiger partial charge in [-0.2, -0.15) is 4.31 Å². The highest BCUT2D eigenvalue weighted by molar-refractivity contribution is 7.89. The maximum absolute atomic E-state index is 15.4. The number of amides is 2. The van der Waals surface area contributed by atoms with Gasteiger partial charge in [0.2, 0.25) is 10.0 Å². The summed E-state index contributed by atoms with van der Waals surface area (Å²) in [5.41, 5.74) is 8.17. The molecule has 1 N–H and O–H groups in total. The van der Waals surface area contributed by atoms with Crippen molar-refractivity contribution in [1.82, 2.24) is 18.7 Å². The Morgan fingerprint density at radius 2 is 1.49 bits per heavy atom. The number of phenolic OH excluding ortho intramolecular Hbond substituents is 1. The third kappa shape index (κ3) is 7.05. The maximum Gasteiger partial charge on any atom is 0.259 e. The summed E-state index contributed by atoms with van der Waals surface area (Å²) in [6.07, 6.45) is 3.31. The number of nitrogens with zero attached hydrogens (tertiary/aromatic N) is 5. The third-order valence-electron chi connectivity index (χ3n) is 12.1. The van der Waals surface area contributed by atoms with Gasteiger partial charge >= 0.3 is 0 Å². The molecule has 0 spiro atoms. The van der Waals surface area contributed by atoms with E-state index in [2.05, 4.69) is 27.7 Å². The number of carbonyl (C=O) groups is 2. The molecule has 0 saturated carbocycles. The number of carbonyl (C=O) groups excluding carboxylic acids is 2. The number of aromatic hydroxyl groups is 1. The highest BCUT2D eigenvalue weighted by Gasteiger charge is 2.37. The van der Waals surface area contributed by atoms with Crippen LogP contribution in [0, 0.1) is 0 Å². The molecule has 4 aliphatic rings. The van der Waals surface area contributed by atoms with Crippen molar-refractivity contribution in [2.24, 2.45) is 0 Å². The molecule has 1 saturated heterocycles. The highest BCUT2D eigenvalue weighted by Crippen LogP contribution is 2.39. The van der Waals surface area contributed by atoms with E-state index in [0.717, 1.165) is 67.0 Å². The molecular weight excluding hydrogens is 739 g/mol. The van der Waals surface area contributed by atoms with E-state index >= 15 is 4.79 Å². The van der Waals surface area contributed by atoms with Gasteiger partial charge in [-0.25, -0.2) is 8.42 Å². The molecule has 9 rings (SSSR count). The number of ether oxygens (including phenoxy) is 1. The monoisotopic (exact) mass is 785 g/mol. The molecule has 0 aliphatic carbocycles. The fourth-order valence-electron chi connectivity index (χ4n) is 9.00. The topological polar surface area (TPSA) is 116 Å². The zero-order valence-electron chi connectivity index (χ0n) is 32.1. The first-order valence-corrected chi connectivity index (χ1v) is 21.3. The summed E-state index contributed by atoms with van der Waals surface area (Å²) in [5, 5.41) is 9.90. The van der Waals surface area contributed by atoms with Crippen LogP contribution in [0.4, 0.5) is 5.69 Å². The average molecular weight is 786 g/mol. The van der Waals surface area contributed by atoms with Gasteiger partial charge in [-0.3, -0.25) is 14.5 Å². The van der Waals surface area contributed by atoms with Crippen LogP contribution in [0.3, 0.4) is 0 Å². The molecule has 11 nitrogen and oxygen atoms in total. The minimum Gasteiger partial charge on any atom is -0.508 e. The number of hydrogen-bond donors (Lipinski definition) is 1. The van der Waals surface area contributed by atoms with E-state index in [1.807, 2.05) is 29.2 Å². The van der Waals surface area contributed by atoms with Crippen molar-refractivity contribution in [2.75, 3.05) is 44.8 Å². The Bertz CT molecular complexity index is 2440. The van der Waals surface area contributed by atoms with Crippen LogP contribution in [0.15, 0.2) is 102 Å². The summed E-state index contributed by atoms with van der Waals surface area (Å²) in [5.74, 6) is -0.160. The number of benzene rings is 4. The lowest BCUT2D eigenvalue weighted by atomic mass is 9.91. The molecule has 0 radical (unpaired) electrons. The molecule has 0 unspecified atom stereocenters. The average Bonchev–Trinajstić information content (AvgIpc) is 3.85. The van der Waals surface area contributed by atoms with E-state index in [4.69, 9.17) is 4.74 Å². The lowest BCUT2D eigenvalue weighted by Gasteiger charge is -2.40. The lowest BCUT2D eigenvalue weighted by Crippen LogP contribution is -2.52. The summed E-state index contributed by atoms with van der Waals surface area (Å²) < 4.78 is 37.2. The Kier molecular flexibility index (Phi) is 9.98. The molecule has 0 bridgehead atoms. The van der Waals surface area contributed by atoms with Gasteiger partial charge in [0.25, 0.3) is 11.8 Å². The lowest BCUT2D eigenvalue weighted by molar-refractivity contribution is 0.0193. The van der Waals surface area contributed by atoms with Crippen molar-refractivity contribution in [3.63, 3.8) is 0 Å². The van der Waals surface area contributed by atoms with Crippen molar-refractivity contribution in [3.8, 4) is 17.0 Å². The number of phenols is 1. The number of rotatable bonds is 8. The minimum atomic E-state index is -3.80. The highest BCUT2D eigenvalue weighted by atomic mass is 32.2. The van der Waals surface area contributed by atoms with Gasteiger partial charge in [-0.05, 0) is 103 Å². The van der Waals surface area contributed by atoms with E-state index in [9.17, 15) is 18.3 Å². The molecule has 1 fully saturated rings. The molecule has 1 aromatic heterocycles. The van der Waals surface area contributed by atoms with Gasteiger partial charge in [0.15, 0.2) is 0 Å². The van der Waals surface area contributed by atoms with E-state index in [1.165, 1.54) is 9.87 Å². The summed E-state index contributed by atoms with van der Waals surface area (Å²) in [6.45, 7) is 5.14. The van der Waals surface area contributed by atoms with Crippen molar-refractivity contribution in [2.45, 2.75) is 62.8 Å². The summed E-state index contributed by atoms with van der Waals surface area (Å²) >= 11 is 0. The number of sulfonamides is 1. The predicted molar refractivity (Wildman–Crippen MR) is 218 cm³/mol. The van der Waals surface area contributed by atoms with Gasteiger partial charge in [0.1, 0.15) is 5.75 Å². The largest absolute Gasteiger partial charge is 0.508 e. The van der Waals surface area contributed by atoms with E-state index in [-0.39, 0.29) is 41.6 Å². The minimum absolute atomic E-state index is 0.0844. The van der Waals surface area contributed by atoms with Gasteiger partial charge in [0, 0.05) is 87.1 Å². The van der Waals surface area contributed by atoms with E-state index < -0.39 is 10.0 Å². The standard InChI is InChI=1S/C45H47N5O6S/c1-46(35-14-16-37(51)17-15-35)44(52)41-26-43(49-18-8-7-13-42(41)49)39-24-33-27-48(57(54,55)38-11-3-2-4-12-38)28-34(33)25-40(39)45(53)50-29-32-10-6-5-9-31(32)23-36(50)30-47-19-21-56-22-20-47/h2-6,9-12,14-17,24-26,36,51H,7-8,13,18-23,27-30H2,1H3/t36-/m0/s1. The van der Waals surface area contributed by atoms with Crippen molar-refractivity contribution < 1.29 is 27.9 Å². The molecule has 57 heavy (non-hydrogen) atoms. The Balaban J connectivity index is 1.16. The molecular formula is C45H47N5O6S. The van der Waals surface area contributed by atoms with Crippen LogP contribution in [0.1, 0.15) is 61.5 Å². The van der Waals surface area contributed by atoms with Crippen LogP contribution in [0.25, 0.3) is 11.3 Å². The van der Waals surface area contributed by atoms with Gasteiger partial charge in [0.05, 0.1) is 23.7 Å². The second kappa shape index (κ2) is 15.2. The molecule has 5 heterocycles. The molecule has 294 valence electrons. The van der Waals surface area contributed by atoms with Gasteiger partial charge in [-0.1, -0.05) is 42.5 Å². The van der Waals surface area contributed by atoms with Crippen LogP contribution in [-0.4, -0.2) is 89.9 Å². The van der Waals surface area contributed by atoms with Crippen LogP contribution < -0.4 is 4.90 Å². The summed E-state index contributed by atoms with van der Waals surface area (Å²) in [6, 6.07) is 29.2. The predicted octanol–water partition coefficient (Wildman–Crippen LogP) is 6.08. The first kappa shape index (κ1) is 37.3. The Morgan fingerprint density at radius 3 is 2.25 bits per heavy atom. The molecule has 4 aromatic carbocycles. The second-order valence-electron chi connectivity index (χ2n) is 15.6. The molecule has 5 aromatic rings. The number of fused-ring (bicyclic) bond motifs is 3. The number of aromatic nitrogens is 1. The first-order chi connectivity index (χ1) is 27.7. The normalized spacial score (nSPS) is 18.5. The molecule has 2 amide bonds. The second-order valence-corrected chi connectivity index (χ2v) is 17.5. The van der Waals surface area contributed by atoms with Crippen LogP contribution in [-0.2, 0) is 53.8 Å². The van der Waals surface area contributed by atoms with Crippen LogP contribution in [0.5, 0.6) is 5.75 Å². The third-order valence-corrected chi connectivity index (χ3v) is 13.9. The first-order valence-electron chi connectivity index (χ1n) is 19.8. The van der Waals surface area contributed by atoms with Crippen molar-refractivity contribution in [3.05, 3.63) is 136 Å². The van der Waals surface area contributed by atoms with Gasteiger partial charge in [-0.15, -0.1) is 0 Å². The number of hydrogen-bond acceptors (Lipinski definition) is 7. The molecule has 4 aliphatic heterocycles. The number of morpholine rings is 1. The molecule has 12 heteroatoms. The fraction of sp³-hybridized carbons (Fsp3) is 0.333. The van der Waals surface area contributed by atoms with Crippen molar-refractivity contribution >= 4 is 27.5 Å². The zero-order valence-corrected chi connectivity index (χ0v) is 33.0. The zero-order chi connectivity index (χ0) is 39.3. The Labute approximate surface area is 333 Å². The van der Waals surface area contributed by atoms with Crippen LogP contribution in [0.2, 0.25) is 0 Å². The van der Waals surface area contributed by atoms with Crippen LogP contribution >= 0.6 is 0 Å². The molecule has 1 atom stereocenters. The smallest absolute Gasteiger partial charge is 0.259 e. The SMILES string of the molecule is CN(C(=O)c1cc(-c2cc3c(cc2C(=O)N2Cc4ccccc4C[C@H]2CN2CCOCC2)CN(S(=O)(=O)c2ccccc2)C3)n2c1CCCC2)c1ccc(O)cc1. The van der Waals surface area contributed by atoms with Crippen molar-refractivity contribution in [1.29, 1.82) is 0 Å². The summed E-state index contributed by atoms with van der Waals surface area (Å²) in [4.78, 5) is 36.0. The Hall–Kier alpha value is -5.27. The van der Waals surface area contributed by atoms with Gasteiger partial charge < -0.3 is 24.2 Å². The maximum atomic E-state index is 15.4. The fourth-order valence-corrected chi connectivity index (χ4v) is 10.4. The van der Waals surface area contributed by atoms with E-state index in [1.54, 1.807) is 66.5 Å². The number of anilines is 1. The Morgan fingerprint density at radius 1 is 0.789 bits per heavy atom.